The molecule has 2 rings (SSSR count). The minimum atomic E-state index is 0.217. The molecule has 2 atom stereocenters. The number of hydrogen-bond acceptors (Lipinski definition) is 3. The molecule has 1 aromatic carbocycles. The van der Waals surface area contributed by atoms with Crippen molar-refractivity contribution in [3.8, 4) is 11.5 Å². The van der Waals surface area contributed by atoms with Crippen molar-refractivity contribution in [1.29, 1.82) is 0 Å². The van der Waals surface area contributed by atoms with E-state index in [0.29, 0.717) is 17.7 Å². The molecule has 3 nitrogen and oxygen atoms in total. The summed E-state index contributed by atoms with van der Waals surface area (Å²) in [5.41, 5.74) is 2.35. The largest absolute Gasteiger partial charge is 0.504 e. The van der Waals surface area contributed by atoms with Crippen LogP contribution in [0.25, 0.3) is 0 Å². The number of aromatic hydroxyl groups is 1. The van der Waals surface area contributed by atoms with Crippen molar-refractivity contribution in [3.05, 3.63) is 23.3 Å². The van der Waals surface area contributed by atoms with Gasteiger partial charge in [0.1, 0.15) is 0 Å². The maximum Gasteiger partial charge on any atom is 0.160 e. The van der Waals surface area contributed by atoms with Crippen molar-refractivity contribution in [1.82, 2.24) is 5.32 Å². The highest BCUT2D eigenvalue weighted by Gasteiger charge is 2.24. The summed E-state index contributed by atoms with van der Waals surface area (Å²) in [4.78, 5) is 0. The van der Waals surface area contributed by atoms with Crippen molar-refractivity contribution in [2.24, 2.45) is 5.92 Å². The molecule has 1 aliphatic heterocycles. The smallest absolute Gasteiger partial charge is 0.160 e. The van der Waals surface area contributed by atoms with Gasteiger partial charge in [-0.25, -0.2) is 0 Å². The van der Waals surface area contributed by atoms with E-state index in [1.807, 2.05) is 13.0 Å². The van der Waals surface area contributed by atoms with Gasteiger partial charge in [0.05, 0.1) is 7.11 Å². The third-order valence-electron chi connectivity index (χ3n) is 3.29. The second-order valence-electron chi connectivity index (χ2n) is 4.68. The highest BCUT2D eigenvalue weighted by Crippen LogP contribution is 2.35. The lowest BCUT2D eigenvalue weighted by Gasteiger charge is -2.16. The molecule has 1 fully saturated rings. The van der Waals surface area contributed by atoms with Crippen molar-refractivity contribution in [3.63, 3.8) is 0 Å². The van der Waals surface area contributed by atoms with Crippen LogP contribution in [0.15, 0.2) is 12.1 Å². The third kappa shape index (κ3) is 2.00. The Balaban J connectivity index is 2.33. The van der Waals surface area contributed by atoms with Crippen molar-refractivity contribution < 1.29 is 9.84 Å². The topological polar surface area (TPSA) is 41.5 Å². The van der Waals surface area contributed by atoms with E-state index < -0.39 is 0 Å². The molecule has 0 bridgehead atoms. The summed E-state index contributed by atoms with van der Waals surface area (Å²) in [6, 6.07) is 4.11. The van der Waals surface area contributed by atoms with Crippen LogP contribution in [-0.4, -0.2) is 18.8 Å². The molecule has 3 heteroatoms. The van der Waals surface area contributed by atoms with E-state index in [1.54, 1.807) is 13.2 Å². The number of methoxy groups -OCH3 is 1. The highest BCUT2D eigenvalue weighted by atomic mass is 16.5. The number of rotatable bonds is 2. The molecule has 1 saturated heterocycles. The van der Waals surface area contributed by atoms with E-state index in [0.717, 1.165) is 18.5 Å². The summed E-state index contributed by atoms with van der Waals surface area (Å²) in [6.07, 6.45) is 1.15. The summed E-state index contributed by atoms with van der Waals surface area (Å²) in [6.45, 7) is 5.34. The summed E-state index contributed by atoms with van der Waals surface area (Å²) in [5, 5.41) is 13.2. The Morgan fingerprint density at radius 1 is 1.44 bits per heavy atom. The van der Waals surface area contributed by atoms with Crippen LogP contribution in [0.4, 0.5) is 0 Å². The molecule has 0 aromatic heterocycles. The zero-order valence-corrected chi connectivity index (χ0v) is 10.1. The van der Waals surface area contributed by atoms with Crippen LogP contribution in [0, 0.1) is 12.8 Å². The number of ether oxygens (including phenoxy) is 1. The normalized spacial score (nSPS) is 24.7. The Bertz CT molecular complexity index is 390. The Labute approximate surface area is 96.4 Å². The van der Waals surface area contributed by atoms with Crippen molar-refractivity contribution in [2.45, 2.75) is 26.3 Å². The van der Waals surface area contributed by atoms with Crippen LogP contribution in [0.3, 0.4) is 0 Å². The molecule has 0 aliphatic carbocycles. The standard InChI is InChI=1S/C13H19NO2/c1-8-4-11(14-7-8)10-6-13(16-3)12(15)5-9(10)2/h5-6,8,11,14-15H,4,7H2,1-3H3/t8-,11-/m1/s1. The lowest BCUT2D eigenvalue weighted by Crippen LogP contribution is -2.14. The van der Waals surface area contributed by atoms with E-state index in [4.69, 9.17) is 4.74 Å². The molecular weight excluding hydrogens is 202 g/mol. The Morgan fingerprint density at radius 3 is 2.75 bits per heavy atom. The average Bonchev–Trinajstić information content (AvgIpc) is 2.65. The minimum absolute atomic E-state index is 0.217. The van der Waals surface area contributed by atoms with Gasteiger partial charge in [0, 0.05) is 6.04 Å². The zero-order valence-electron chi connectivity index (χ0n) is 10.1. The highest BCUT2D eigenvalue weighted by molar-refractivity contribution is 5.47. The Morgan fingerprint density at radius 2 is 2.19 bits per heavy atom. The van der Waals surface area contributed by atoms with Gasteiger partial charge in [0.15, 0.2) is 11.5 Å². The first-order chi connectivity index (χ1) is 7.61. The van der Waals surface area contributed by atoms with E-state index in [1.165, 1.54) is 5.56 Å². The number of aryl methyl sites for hydroxylation is 1. The fourth-order valence-corrected chi connectivity index (χ4v) is 2.38. The number of phenolic OH excluding ortho intramolecular Hbond substituents is 1. The van der Waals surface area contributed by atoms with Gasteiger partial charge in [-0.3, -0.25) is 0 Å². The van der Waals surface area contributed by atoms with Crippen LogP contribution < -0.4 is 10.1 Å². The molecule has 88 valence electrons. The SMILES string of the molecule is COc1cc([C@H]2C[C@@H](C)CN2)c(C)cc1O. The van der Waals surface area contributed by atoms with Crippen LogP contribution in [0.2, 0.25) is 0 Å². The molecule has 0 spiro atoms. The van der Waals surface area contributed by atoms with Gasteiger partial charge in [-0.1, -0.05) is 6.92 Å². The van der Waals surface area contributed by atoms with Gasteiger partial charge in [-0.2, -0.15) is 0 Å². The Kier molecular flexibility index (Phi) is 3.06. The predicted octanol–water partition coefficient (Wildman–Crippen LogP) is 2.38. The number of nitrogens with one attached hydrogen (secondary N) is 1. The third-order valence-corrected chi connectivity index (χ3v) is 3.29. The molecule has 1 heterocycles. The molecule has 0 unspecified atom stereocenters. The predicted molar refractivity (Wildman–Crippen MR) is 63.9 cm³/mol. The summed E-state index contributed by atoms with van der Waals surface area (Å²) in [5.74, 6) is 1.49. The van der Waals surface area contributed by atoms with E-state index in [2.05, 4.69) is 12.2 Å². The molecular formula is C13H19NO2. The molecule has 16 heavy (non-hydrogen) atoms. The first-order valence-electron chi connectivity index (χ1n) is 5.72. The van der Waals surface area contributed by atoms with Crippen molar-refractivity contribution in [2.75, 3.05) is 13.7 Å². The second-order valence-corrected chi connectivity index (χ2v) is 4.68. The van der Waals surface area contributed by atoms with Crippen molar-refractivity contribution >= 4 is 0 Å². The summed E-state index contributed by atoms with van der Waals surface area (Å²) >= 11 is 0. The van der Waals surface area contributed by atoms with Gasteiger partial charge in [0.2, 0.25) is 0 Å². The number of hydrogen-bond donors (Lipinski definition) is 2. The monoisotopic (exact) mass is 221 g/mol. The first kappa shape index (κ1) is 11.3. The lowest BCUT2D eigenvalue weighted by atomic mass is 9.97. The van der Waals surface area contributed by atoms with E-state index in [9.17, 15) is 5.11 Å². The molecule has 2 N–H and O–H groups in total. The number of benzene rings is 1. The van der Waals surface area contributed by atoms with Gasteiger partial charge in [0.25, 0.3) is 0 Å². The quantitative estimate of drug-likeness (QED) is 0.805. The zero-order chi connectivity index (χ0) is 11.7. The minimum Gasteiger partial charge on any atom is -0.504 e. The van der Waals surface area contributed by atoms with Gasteiger partial charge < -0.3 is 15.2 Å². The first-order valence-corrected chi connectivity index (χ1v) is 5.72. The maximum absolute atomic E-state index is 9.67. The fraction of sp³-hybridized carbons (Fsp3) is 0.538. The summed E-state index contributed by atoms with van der Waals surface area (Å²) in [7, 11) is 1.58. The van der Waals surface area contributed by atoms with Crippen LogP contribution >= 0.6 is 0 Å². The van der Waals surface area contributed by atoms with E-state index >= 15 is 0 Å². The number of phenols is 1. The molecule has 0 radical (unpaired) electrons. The summed E-state index contributed by atoms with van der Waals surface area (Å²) < 4.78 is 5.15. The van der Waals surface area contributed by atoms with Crippen LogP contribution in [-0.2, 0) is 0 Å². The van der Waals surface area contributed by atoms with Gasteiger partial charge in [-0.05, 0) is 49.1 Å². The fourth-order valence-electron chi connectivity index (χ4n) is 2.38. The Hall–Kier alpha value is -1.22. The molecule has 1 aliphatic rings. The van der Waals surface area contributed by atoms with Crippen LogP contribution in [0.1, 0.15) is 30.5 Å². The maximum atomic E-state index is 9.67. The molecule has 0 amide bonds. The lowest BCUT2D eigenvalue weighted by molar-refractivity contribution is 0.372. The van der Waals surface area contributed by atoms with Crippen LogP contribution in [0.5, 0.6) is 11.5 Å². The second kappa shape index (κ2) is 4.34. The average molecular weight is 221 g/mol. The van der Waals surface area contributed by atoms with E-state index in [-0.39, 0.29) is 5.75 Å². The van der Waals surface area contributed by atoms with Gasteiger partial charge >= 0.3 is 0 Å². The van der Waals surface area contributed by atoms with Gasteiger partial charge in [-0.15, -0.1) is 0 Å². The molecule has 1 aromatic rings. The molecule has 0 saturated carbocycles.